The topological polar surface area (TPSA) is 78.5 Å². The molecule has 6 nitrogen and oxygen atoms in total. The van der Waals surface area contributed by atoms with Gasteiger partial charge in [-0.25, -0.2) is 4.39 Å². The van der Waals surface area contributed by atoms with Crippen LogP contribution < -0.4 is 15.8 Å². The fraction of sp³-hybridized carbons (Fsp3) is 0.211. The number of carbonyl (C=O) groups excluding carboxylic acids is 3. The van der Waals surface area contributed by atoms with Crippen molar-refractivity contribution in [2.75, 3.05) is 11.4 Å². The summed E-state index contributed by atoms with van der Waals surface area (Å²) in [5.41, 5.74) is 5.98. The molecule has 3 rings (SSSR count). The minimum atomic E-state index is -0.758. The number of halogens is 2. The van der Waals surface area contributed by atoms with Crippen molar-refractivity contribution >= 4 is 39.3 Å². The highest BCUT2D eigenvalue weighted by molar-refractivity contribution is 9.10. The lowest BCUT2D eigenvalue weighted by Crippen LogP contribution is -2.45. The summed E-state index contributed by atoms with van der Waals surface area (Å²) in [6.07, 6.45) is 0.0382. The van der Waals surface area contributed by atoms with Gasteiger partial charge in [-0.05, 0) is 42.8 Å². The summed E-state index contributed by atoms with van der Waals surface area (Å²) in [6, 6.07) is 11.0. The fourth-order valence-corrected chi connectivity index (χ4v) is 3.11. The van der Waals surface area contributed by atoms with E-state index in [0.717, 1.165) is 16.1 Å². The van der Waals surface area contributed by atoms with Crippen molar-refractivity contribution < 1.29 is 18.8 Å². The predicted molar refractivity (Wildman–Crippen MR) is 101 cm³/mol. The number of rotatable bonds is 3. The molecule has 1 aliphatic rings. The molecule has 0 radical (unpaired) electrons. The van der Waals surface area contributed by atoms with Gasteiger partial charge in [-0.2, -0.15) is 0 Å². The Balaban J connectivity index is 1.61. The smallest absolute Gasteiger partial charge is 0.272 e. The fourth-order valence-electron chi connectivity index (χ4n) is 2.86. The van der Waals surface area contributed by atoms with Crippen LogP contribution in [0.2, 0.25) is 0 Å². The first-order chi connectivity index (χ1) is 12.9. The van der Waals surface area contributed by atoms with Gasteiger partial charge in [-0.1, -0.05) is 28.1 Å². The molecule has 1 aliphatic heterocycles. The van der Waals surface area contributed by atoms with Gasteiger partial charge in [-0.3, -0.25) is 25.2 Å². The van der Waals surface area contributed by atoms with Gasteiger partial charge in [0.25, 0.3) is 5.91 Å². The van der Waals surface area contributed by atoms with Crippen molar-refractivity contribution in [3.05, 3.63) is 63.9 Å². The van der Waals surface area contributed by atoms with E-state index in [2.05, 4.69) is 26.8 Å². The highest BCUT2D eigenvalue weighted by atomic mass is 79.9. The lowest BCUT2D eigenvalue weighted by molar-refractivity contribution is -0.126. The predicted octanol–water partition coefficient (Wildman–Crippen LogP) is 2.71. The summed E-state index contributed by atoms with van der Waals surface area (Å²) in [5, 5.41) is 0. The number of carbonyl (C=O) groups is 3. The van der Waals surface area contributed by atoms with E-state index in [1.165, 1.54) is 18.2 Å². The van der Waals surface area contributed by atoms with Gasteiger partial charge >= 0.3 is 0 Å². The number of nitrogens with zero attached hydrogens (tertiary/aromatic N) is 1. The van der Waals surface area contributed by atoms with Crippen LogP contribution in [0.1, 0.15) is 22.3 Å². The number of amides is 3. The van der Waals surface area contributed by atoms with Crippen molar-refractivity contribution in [1.29, 1.82) is 0 Å². The van der Waals surface area contributed by atoms with Gasteiger partial charge in [0.05, 0.1) is 11.5 Å². The molecular weight excluding hydrogens is 417 g/mol. The minimum absolute atomic E-state index is 0.0382. The second-order valence-electron chi connectivity index (χ2n) is 6.26. The van der Waals surface area contributed by atoms with Crippen LogP contribution in [0.4, 0.5) is 10.1 Å². The van der Waals surface area contributed by atoms with Gasteiger partial charge in [0.2, 0.25) is 11.8 Å². The molecule has 3 amide bonds. The third kappa shape index (κ3) is 4.16. The number of benzene rings is 2. The highest BCUT2D eigenvalue weighted by Gasteiger charge is 2.35. The monoisotopic (exact) mass is 433 g/mol. The lowest BCUT2D eigenvalue weighted by Gasteiger charge is -2.18. The Bertz CT molecular complexity index is 919. The summed E-state index contributed by atoms with van der Waals surface area (Å²) in [4.78, 5) is 38.1. The van der Waals surface area contributed by atoms with E-state index < -0.39 is 23.5 Å². The van der Waals surface area contributed by atoms with E-state index in [0.29, 0.717) is 5.69 Å². The molecule has 2 N–H and O–H groups in total. The van der Waals surface area contributed by atoms with Crippen LogP contribution in [-0.4, -0.2) is 24.3 Å². The molecular formula is C19H17BrFN3O3. The van der Waals surface area contributed by atoms with E-state index in [-0.39, 0.29) is 24.4 Å². The normalized spacial score (nSPS) is 16.3. The molecule has 1 saturated heterocycles. The number of anilines is 1. The van der Waals surface area contributed by atoms with E-state index in [1.54, 1.807) is 11.0 Å². The maximum atomic E-state index is 13.6. The van der Waals surface area contributed by atoms with E-state index in [4.69, 9.17) is 0 Å². The van der Waals surface area contributed by atoms with Crippen LogP contribution in [0.15, 0.2) is 46.9 Å². The number of hydrogen-bond donors (Lipinski definition) is 2. The zero-order valence-electron chi connectivity index (χ0n) is 14.5. The summed E-state index contributed by atoms with van der Waals surface area (Å²) in [6.45, 7) is 2.12. The lowest BCUT2D eigenvalue weighted by atomic mass is 10.1. The molecule has 140 valence electrons. The molecule has 1 atom stereocenters. The Morgan fingerprint density at radius 2 is 1.93 bits per heavy atom. The molecule has 1 heterocycles. The molecule has 1 fully saturated rings. The largest absolute Gasteiger partial charge is 0.312 e. The third-order valence-electron chi connectivity index (χ3n) is 4.37. The van der Waals surface area contributed by atoms with Crippen molar-refractivity contribution in [2.24, 2.45) is 5.92 Å². The van der Waals surface area contributed by atoms with E-state index >= 15 is 0 Å². The molecule has 0 aromatic heterocycles. The number of hydrogen-bond acceptors (Lipinski definition) is 3. The Hall–Kier alpha value is -2.74. The standard InChI is InChI=1S/C19H17BrFN3O3/c1-11-8-13(6-7-15(11)20)24-10-12(9-17(24)25)18(26)22-23-19(27)14-4-2-3-5-16(14)21/h2-8,12H,9-10H2,1H3,(H,22,26)(H,23,27). The van der Waals surface area contributed by atoms with Crippen LogP contribution >= 0.6 is 15.9 Å². The first-order valence-corrected chi connectivity index (χ1v) is 9.07. The summed E-state index contributed by atoms with van der Waals surface area (Å²) >= 11 is 3.41. The summed E-state index contributed by atoms with van der Waals surface area (Å²) < 4.78 is 14.5. The van der Waals surface area contributed by atoms with Crippen LogP contribution in [0.5, 0.6) is 0 Å². The van der Waals surface area contributed by atoms with Crippen LogP contribution in [0.3, 0.4) is 0 Å². The zero-order chi connectivity index (χ0) is 19.6. The third-order valence-corrected chi connectivity index (χ3v) is 5.26. The molecule has 1 unspecified atom stereocenters. The van der Waals surface area contributed by atoms with Gasteiger partial charge in [0.15, 0.2) is 0 Å². The molecule has 0 aliphatic carbocycles. The summed E-state index contributed by atoms with van der Waals surface area (Å²) in [5.74, 6) is -2.72. The maximum absolute atomic E-state index is 13.6. The van der Waals surface area contributed by atoms with Gasteiger partial charge in [0, 0.05) is 23.1 Å². The second-order valence-corrected chi connectivity index (χ2v) is 7.12. The van der Waals surface area contributed by atoms with Crippen molar-refractivity contribution in [2.45, 2.75) is 13.3 Å². The van der Waals surface area contributed by atoms with E-state index in [1.807, 2.05) is 19.1 Å². The molecule has 0 spiro atoms. The Labute approximate surface area is 163 Å². The zero-order valence-corrected chi connectivity index (χ0v) is 16.0. The average molecular weight is 434 g/mol. The summed E-state index contributed by atoms with van der Waals surface area (Å²) in [7, 11) is 0. The Morgan fingerprint density at radius 1 is 1.19 bits per heavy atom. The van der Waals surface area contributed by atoms with Gasteiger partial charge < -0.3 is 4.90 Å². The average Bonchev–Trinajstić information content (AvgIpc) is 3.04. The van der Waals surface area contributed by atoms with Crippen molar-refractivity contribution in [1.82, 2.24) is 10.9 Å². The van der Waals surface area contributed by atoms with Crippen LogP contribution in [0.25, 0.3) is 0 Å². The number of nitrogens with one attached hydrogen (secondary N) is 2. The molecule has 0 saturated carbocycles. The Morgan fingerprint density at radius 3 is 2.63 bits per heavy atom. The maximum Gasteiger partial charge on any atom is 0.272 e. The van der Waals surface area contributed by atoms with Crippen molar-refractivity contribution in [3.8, 4) is 0 Å². The second kappa shape index (κ2) is 7.87. The molecule has 0 bridgehead atoms. The quantitative estimate of drug-likeness (QED) is 0.730. The van der Waals surface area contributed by atoms with Crippen LogP contribution in [-0.2, 0) is 9.59 Å². The molecule has 8 heteroatoms. The van der Waals surface area contributed by atoms with Crippen LogP contribution in [0, 0.1) is 18.7 Å². The van der Waals surface area contributed by atoms with Gasteiger partial charge in [0.1, 0.15) is 5.82 Å². The highest BCUT2D eigenvalue weighted by Crippen LogP contribution is 2.28. The van der Waals surface area contributed by atoms with Gasteiger partial charge in [-0.15, -0.1) is 0 Å². The number of aryl methyl sites for hydroxylation is 1. The molecule has 2 aromatic carbocycles. The molecule has 27 heavy (non-hydrogen) atoms. The number of hydrazine groups is 1. The first kappa shape index (κ1) is 19.0. The van der Waals surface area contributed by atoms with E-state index in [9.17, 15) is 18.8 Å². The Kier molecular flexibility index (Phi) is 5.55. The minimum Gasteiger partial charge on any atom is -0.312 e. The van der Waals surface area contributed by atoms with Crippen molar-refractivity contribution in [3.63, 3.8) is 0 Å². The SMILES string of the molecule is Cc1cc(N2CC(C(=O)NNC(=O)c3ccccc3F)CC2=O)ccc1Br. The first-order valence-electron chi connectivity index (χ1n) is 8.28. The molecule has 2 aromatic rings.